The SMILES string of the molecule is O=C(O)c1ccccc1CC(=O)N1CCC2(CC1)CC2C(=O)N1CCCCC1. The molecular weight excluding hydrogens is 356 g/mol. The van der Waals surface area contributed by atoms with Crippen molar-refractivity contribution in [3.63, 3.8) is 0 Å². The molecule has 0 radical (unpaired) electrons. The van der Waals surface area contributed by atoms with Crippen LogP contribution >= 0.6 is 0 Å². The van der Waals surface area contributed by atoms with E-state index in [1.165, 1.54) is 12.5 Å². The van der Waals surface area contributed by atoms with Crippen LogP contribution in [-0.2, 0) is 16.0 Å². The highest BCUT2D eigenvalue weighted by atomic mass is 16.4. The normalized spacial score (nSPS) is 23.5. The van der Waals surface area contributed by atoms with Gasteiger partial charge in [-0.05, 0) is 55.6 Å². The van der Waals surface area contributed by atoms with Crippen LogP contribution in [0.4, 0.5) is 0 Å². The van der Waals surface area contributed by atoms with Crippen LogP contribution < -0.4 is 0 Å². The Morgan fingerprint density at radius 1 is 0.964 bits per heavy atom. The molecule has 28 heavy (non-hydrogen) atoms. The number of rotatable bonds is 4. The van der Waals surface area contributed by atoms with E-state index in [0.717, 1.165) is 45.2 Å². The van der Waals surface area contributed by atoms with E-state index in [0.29, 0.717) is 24.6 Å². The average Bonchev–Trinajstić information content (AvgIpc) is 3.41. The van der Waals surface area contributed by atoms with Crippen LogP contribution in [-0.4, -0.2) is 58.9 Å². The van der Waals surface area contributed by atoms with E-state index in [9.17, 15) is 19.5 Å². The molecule has 1 unspecified atom stereocenters. The van der Waals surface area contributed by atoms with Crippen molar-refractivity contribution in [3.8, 4) is 0 Å². The first kappa shape index (κ1) is 19.0. The van der Waals surface area contributed by atoms with Gasteiger partial charge in [-0.2, -0.15) is 0 Å². The third-order valence-corrected chi connectivity index (χ3v) is 6.86. The minimum absolute atomic E-state index is 0.0249. The molecule has 1 spiro atoms. The van der Waals surface area contributed by atoms with Crippen LogP contribution in [0.3, 0.4) is 0 Å². The van der Waals surface area contributed by atoms with Gasteiger partial charge in [0.05, 0.1) is 12.0 Å². The molecular formula is C22H28N2O4. The molecule has 0 aromatic heterocycles. The third-order valence-electron chi connectivity index (χ3n) is 6.86. The predicted molar refractivity (Wildman–Crippen MR) is 104 cm³/mol. The van der Waals surface area contributed by atoms with Gasteiger partial charge in [0.15, 0.2) is 0 Å². The van der Waals surface area contributed by atoms with E-state index >= 15 is 0 Å². The van der Waals surface area contributed by atoms with E-state index in [4.69, 9.17) is 0 Å². The number of hydrogen-bond donors (Lipinski definition) is 1. The van der Waals surface area contributed by atoms with E-state index < -0.39 is 5.97 Å². The van der Waals surface area contributed by atoms with E-state index in [1.54, 1.807) is 18.2 Å². The van der Waals surface area contributed by atoms with Crippen molar-refractivity contribution < 1.29 is 19.5 Å². The van der Waals surface area contributed by atoms with Crippen LogP contribution in [0.2, 0.25) is 0 Å². The zero-order chi connectivity index (χ0) is 19.7. The quantitative estimate of drug-likeness (QED) is 0.865. The monoisotopic (exact) mass is 384 g/mol. The second-order valence-corrected chi connectivity index (χ2v) is 8.52. The van der Waals surface area contributed by atoms with Crippen LogP contribution in [0.5, 0.6) is 0 Å². The van der Waals surface area contributed by atoms with Gasteiger partial charge in [-0.15, -0.1) is 0 Å². The summed E-state index contributed by atoms with van der Waals surface area (Å²) in [5, 5.41) is 9.29. The summed E-state index contributed by atoms with van der Waals surface area (Å²) in [7, 11) is 0. The van der Waals surface area contributed by atoms with Crippen molar-refractivity contribution in [2.24, 2.45) is 11.3 Å². The zero-order valence-corrected chi connectivity index (χ0v) is 16.2. The van der Waals surface area contributed by atoms with Crippen molar-refractivity contribution in [2.45, 2.75) is 44.9 Å². The highest BCUT2D eigenvalue weighted by Gasteiger charge is 2.59. The van der Waals surface area contributed by atoms with E-state index in [2.05, 4.69) is 0 Å². The first-order valence-electron chi connectivity index (χ1n) is 10.4. The van der Waals surface area contributed by atoms with Crippen molar-refractivity contribution >= 4 is 17.8 Å². The molecule has 150 valence electrons. The first-order chi connectivity index (χ1) is 13.5. The van der Waals surface area contributed by atoms with Crippen LogP contribution in [0.15, 0.2) is 24.3 Å². The van der Waals surface area contributed by atoms with Gasteiger partial charge in [0.1, 0.15) is 0 Å². The molecule has 6 nitrogen and oxygen atoms in total. The second-order valence-electron chi connectivity index (χ2n) is 8.52. The Morgan fingerprint density at radius 3 is 2.32 bits per heavy atom. The number of carbonyl (C=O) groups is 3. The number of benzene rings is 1. The number of carboxylic acids is 1. The predicted octanol–water partition coefficient (Wildman–Crippen LogP) is 2.57. The summed E-state index contributed by atoms with van der Waals surface area (Å²) in [6.45, 7) is 3.13. The fourth-order valence-corrected chi connectivity index (χ4v) is 4.94. The Bertz CT molecular complexity index is 776. The summed E-state index contributed by atoms with van der Waals surface area (Å²) in [6.07, 6.45) is 6.30. The maximum atomic E-state index is 12.8. The van der Waals surface area contributed by atoms with Gasteiger partial charge in [-0.3, -0.25) is 9.59 Å². The second kappa shape index (κ2) is 7.57. The molecule has 1 aromatic carbocycles. The standard InChI is InChI=1S/C22H28N2O4/c25-19(14-16-6-2-3-7-17(16)21(27)28)23-12-8-22(9-13-23)15-18(22)20(26)24-10-4-1-5-11-24/h2-3,6-7,18H,1,4-5,8-15H2,(H,27,28). The zero-order valence-electron chi connectivity index (χ0n) is 16.2. The average molecular weight is 384 g/mol. The summed E-state index contributed by atoms with van der Waals surface area (Å²) in [6, 6.07) is 6.69. The number of aromatic carboxylic acids is 1. The van der Waals surface area contributed by atoms with E-state index in [-0.39, 0.29) is 29.2 Å². The van der Waals surface area contributed by atoms with Crippen molar-refractivity contribution in [1.82, 2.24) is 9.80 Å². The summed E-state index contributed by atoms with van der Waals surface area (Å²) in [4.78, 5) is 40.7. The lowest BCUT2D eigenvalue weighted by atomic mass is 9.90. The molecule has 1 atom stereocenters. The molecule has 1 aromatic rings. The Labute approximate surface area is 165 Å². The maximum absolute atomic E-state index is 12.8. The minimum atomic E-state index is -1.00. The molecule has 2 heterocycles. The maximum Gasteiger partial charge on any atom is 0.335 e. The van der Waals surface area contributed by atoms with Gasteiger partial charge >= 0.3 is 5.97 Å². The number of carboxylic acid groups (broad SMARTS) is 1. The lowest BCUT2D eigenvalue weighted by Gasteiger charge is -2.34. The summed E-state index contributed by atoms with van der Waals surface area (Å²) in [5.74, 6) is -0.549. The number of carbonyl (C=O) groups excluding carboxylic acids is 2. The molecule has 3 fully saturated rings. The highest BCUT2D eigenvalue weighted by molar-refractivity contribution is 5.91. The fraction of sp³-hybridized carbons (Fsp3) is 0.591. The van der Waals surface area contributed by atoms with Gasteiger partial charge < -0.3 is 14.9 Å². The molecule has 2 aliphatic heterocycles. The number of piperidine rings is 2. The molecule has 2 amide bonds. The Balaban J connectivity index is 1.32. The molecule has 1 saturated carbocycles. The molecule has 2 saturated heterocycles. The van der Waals surface area contributed by atoms with Crippen molar-refractivity contribution in [1.29, 1.82) is 0 Å². The number of nitrogens with zero attached hydrogens (tertiary/aromatic N) is 2. The van der Waals surface area contributed by atoms with Gasteiger partial charge in [0.2, 0.25) is 11.8 Å². The molecule has 1 aliphatic carbocycles. The molecule has 6 heteroatoms. The highest BCUT2D eigenvalue weighted by Crippen LogP contribution is 2.60. The first-order valence-corrected chi connectivity index (χ1v) is 10.4. The fourth-order valence-electron chi connectivity index (χ4n) is 4.94. The number of amides is 2. The lowest BCUT2D eigenvalue weighted by Crippen LogP contribution is -2.42. The third kappa shape index (κ3) is 3.64. The largest absolute Gasteiger partial charge is 0.478 e. The van der Waals surface area contributed by atoms with Gasteiger partial charge in [0.25, 0.3) is 0 Å². The number of likely N-dealkylation sites (tertiary alicyclic amines) is 2. The Kier molecular flexibility index (Phi) is 5.13. The number of hydrogen-bond acceptors (Lipinski definition) is 3. The summed E-state index contributed by atoms with van der Waals surface area (Å²) in [5.41, 5.74) is 0.855. The van der Waals surface area contributed by atoms with Gasteiger partial charge in [-0.1, -0.05) is 18.2 Å². The van der Waals surface area contributed by atoms with Crippen LogP contribution in [0.25, 0.3) is 0 Å². The molecule has 1 N–H and O–H groups in total. The lowest BCUT2D eigenvalue weighted by molar-refractivity contribution is -0.135. The minimum Gasteiger partial charge on any atom is -0.478 e. The summed E-state index contributed by atoms with van der Waals surface area (Å²) < 4.78 is 0. The van der Waals surface area contributed by atoms with Gasteiger partial charge in [-0.25, -0.2) is 4.79 Å². The van der Waals surface area contributed by atoms with Crippen molar-refractivity contribution in [2.75, 3.05) is 26.2 Å². The molecule has 3 aliphatic rings. The topological polar surface area (TPSA) is 77.9 Å². The van der Waals surface area contributed by atoms with Crippen molar-refractivity contribution in [3.05, 3.63) is 35.4 Å². The van der Waals surface area contributed by atoms with Crippen LogP contribution in [0.1, 0.15) is 54.4 Å². The molecule has 0 bridgehead atoms. The molecule has 4 rings (SSSR count). The Morgan fingerprint density at radius 2 is 1.64 bits per heavy atom. The Hall–Kier alpha value is -2.37. The van der Waals surface area contributed by atoms with Gasteiger partial charge in [0, 0.05) is 32.1 Å². The van der Waals surface area contributed by atoms with E-state index in [1.807, 2.05) is 9.80 Å². The smallest absolute Gasteiger partial charge is 0.335 e. The summed E-state index contributed by atoms with van der Waals surface area (Å²) >= 11 is 0. The van der Waals surface area contributed by atoms with Crippen LogP contribution in [0, 0.1) is 11.3 Å².